The summed E-state index contributed by atoms with van der Waals surface area (Å²) >= 11 is 0. The summed E-state index contributed by atoms with van der Waals surface area (Å²) in [7, 11) is 0. The molecule has 1 N–H and O–H groups in total. The maximum Gasteiger partial charge on any atom is 0.312 e. The molecule has 4 heteroatoms. The van der Waals surface area contributed by atoms with Gasteiger partial charge in [0.15, 0.2) is 6.10 Å². The van der Waals surface area contributed by atoms with E-state index in [0.29, 0.717) is 6.42 Å². The maximum atomic E-state index is 11.0. The third-order valence-corrected chi connectivity index (χ3v) is 2.81. The van der Waals surface area contributed by atoms with Crippen LogP contribution in [-0.4, -0.2) is 35.5 Å². The molecule has 4 nitrogen and oxygen atoms in total. The normalized spacial score (nSPS) is 58.6. The minimum absolute atomic E-state index is 0.0894. The molecule has 0 spiro atoms. The molecule has 0 aromatic rings. The van der Waals surface area contributed by atoms with Crippen molar-refractivity contribution in [2.75, 3.05) is 0 Å². The van der Waals surface area contributed by atoms with E-state index in [2.05, 4.69) is 0 Å². The predicted octanol–water partition coefficient (Wildman–Crippen LogP) is -0.940. The van der Waals surface area contributed by atoms with Gasteiger partial charge < -0.3 is 14.6 Å². The molecular weight excluding hydrogens is 148 g/mol. The van der Waals surface area contributed by atoms with Crippen LogP contribution in [0.15, 0.2) is 0 Å². The topological polar surface area (TPSA) is 55.8 Å². The van der Waals surface area contributed by atoms with E-state index in [1.807, 2.05) is 0 Å². The van der Waals surface area contributed by atoms with Crippen molar-refractivity contribution >= 4 is 5.97 Å². The quantitative estimate of drug-likeness (QED) is 0.460. The van der Waals surface area contributed by atoms with Gasteiger partial charge in [0.2, 0.25) is 0 Å². The van der Waals surface area contributed by atoms with E-state index in [4.69, 9.17) is 9.47 Å². The highest BCUT2D eigenvalue weighted by Gasteiger charge is 2.63. The Balaban J connectivity index is 2.04. The highest BCUT2D eigenvalue weighted by atomic mass is 16.6. The van der Waals surface area contributed by atoms with E-state index in [9.17, 15) is 9.90 Å². The minimum Gasteiger partial charge on any atom is -0.456 e. The largest absolute Gasteiger partial charge is 0.456 e. The first-order valence-corrected chi connectivity index (χ1v) is 3.81. The summed E-state index contributed by atoms with van der Waals surface area (Å²) in [5.74, 6) is -0.285. The third-order valence-electron chi connectivity index (χ3n) is 2.81. The van der Waals surface area contributed by atoms with E-state index in [1.165, 1.54) is 0 Å². The summed E-state index contributed by atoms with van der Waals surface area (Å²) < 4.78 is 10.3. The Morgan fingerprint density at radius 2 is 2.27 bits per heavy atom. The van der Waals surface area contributed by atoms with Gasteiger partial charge in [-0.1, -0.05) is 0 Å². The van der Waals surface area contributed by atoms with Crippen molar-refractivity contribution in [3.8, 4) is 0 Å². The molecule has 0 aliphatic carbocycles. The van der Waals surface area contributed by atoms with Gasteiger partial charge in [0.25, 0.3) is 0 Å². The lowest BCUT2D eigenvalue weighted by Gasteiger charge is -2.15. The van der Waals surface area contributed by atoms with E-state index >= 15 is 0 Å². The van der Waals surface area contributed by atoms with Crippen LogP contribution in [0.4, 0.5) is 0 Å². The Hall–Kier alpha value is -0.610. The Labute approximate surface area is 63.1 Å². The van der Waals surface area contributed by atoms with Gasteiger partial charge in [-0.25, -0.2) is 0 Å². The molecule has 11 heavy (non-hydrogen) atoms. The molecule has 3 heterocycles. The van der Waals surface area contributed by atoms with Crippen LogP contribution in [-0.2, 0) is 14.3 Å². The number of hydrogen-bond donors (Lipinski definition) is 1. The van der Waals surface area contributed by atoms with Crippen LogP contribution in [0, 0.1) is 5.92 Å². The molecule has 0 amide bonds. The van der Waals surface area contributed by atoms with Crippen molar-refractivity contribution in [1.29, 1.82) is 0 Å². The second-order valence-corrected chi connectivity index (χ2v) is 3.37. The van der Waals surface area contributed by atoms with Crippen LogP contribution in [0.1, 0.15) is 6.42 Å². The smallest absolute Gasteiger partial charge is 0.312 e. The van der Waals surface area contributed by atoms with Gasteiger partial charge in [0, 0.05) is 0 Å². The summed E-state index contributed by atoms with van der Waals surface area (Å²) in [4.78, 5) is 11.0. The molecule has 3 aliphatic rings. The fraction of sp³-hybridized carbons (Fsp3) is 0.857. The zero-order valence-electron chi connectivity index (χ0n) is 5.77. The fourth-order valence-electron chi connectivity index (χ4n) is 2.26. The van der Waals surface area contributed by atoms with E-state index < -0.39 is 6.10 Å². The second kappa shape index (κ2) is 1.59. The molecule has 3 aliphatic heterocycles. The van der Waals surface area contributed by atoms with Crippen molar-refractivity contribution in [2.24, 2.45) is 5.92 Å². The zero-order chi connectivity index (χ0) is 7.59. The summed E-state index contributed by atoms with van der Waals surface area (Å²) in [5.41, 5.74) is 0. The van der Waals surface area contributed by atoms with Crippen LogP contribution < -0.4 is 0 Å². The second-order valence-electron chi connectivity index (χ2n) is 3.37. The monoisotopic (exact) mass is 156 g/mol. The number of aliphatic hydroxyl groups excluding tert-OH is 1. The Kier molecular flexibility index (Phi) is 0.863. The van der Waals surface area contributed by atoms with Crippen molar-refractivity contribution in [2.45, 2.75) is 30.8 Å². The van der Waals surface area contributed by atoms with Crippen molar-refractivity contribution in [3.63, 3.8) is 0 Å². The number of hydrogen-bond acceptors (Lipinski definition) is 4. The third kappa shape index (κ3) is 0.520. The first-order valence-electron chi connectivity index (χ1n) is 3.81. The summed E-state index contributed by atoms with van der Waals surface area (Å²) in [5, 5.41) is 9.42. The first-order chi connectivity index (χ1) is 5.27. The average molecular weight is 156 g/mol. The highest BCUT2D eigenvalue weighted by molar-refractivity contribution is 5.77. The minimum atomic E-state index is -0.581. The Morgan fingerprint density at radius 1 is 1.45 bits per heavy atom. The number of carbonyl (C=O) groups is 1. The molecule has 3 rings (SSSR count). The van der Waals surface area contributed by atoms with Crippen LogP contribution >= 0.6 is 0 Å². The maximum absolute atomic E-state index is 11.0. The SMILES string of the molecule is O=C1O[C@@H]2[C@H](O)[C@H]3C[C@@H]1[C@H]2O3. The summed E-state index contributed by atoms with van der Waals surface area (Å²) in [6, 6.07) is 0. The van der Waals surface area contributed by atoms with Crippen molar-refractivity contribution < 1.29 is 19.4 Å². The lowest BCUT2D eigenvalue weighted by atomic mass is 9.88. The van der Waals surface area contributed by atoms with Crippen LogP contribution in [0.25, 0.3) is 0 Å². The van der Waals surface area contributed by atoms with Gasteiger partial charge in [-0.2, -0.15) is 0 Å². The van der Waals surface area contributed by atoms with E-state index in [0.717, 1.165) is 0 Å². The molecule has 0 radical (unpaired) electrons. The number of ether oxygens (including phenoxy) is 2. The van der Waals surface area contributed by atoms with Crippen LogP contribution in [0.3, 0.4) is 0 Å². The van der Waals surface area contributed by atoms with Crippen molar-refractivity contribution in [1.82, 2.24) is 0 Å². The van der Waals surface area contributed by atoms with Gasteiger partial charge in [-0.15, -0.1) is 0 Å². The molecule has 60 valence electrons. The molecule has 2 bridgehead atoms. The van der Waals surface area contributed by atoms with E-state index in [-0.39, 0.29) is 30.2 Å². The lowest BCUT2D eigenvalue weighted by molar-refractivity contribution is -0.145. The van der Waals surface area contributed by atoms with Gasteiger partial charge in [0.05, 0.1) is 12.0 Å². The molecule has 0 unspecified atom stereocenters. The number of carbonyl (C=O) groups excluding carboxylic acids is 1. The van der Waals surface area contributed by atoms with Gasteiger partial charge >= 0.3 is 5.97 Å². The lowest BCUT2D eigenvalue weighted by Crippen LogP contribution is -2.36. The molecule has 0 saturated carbocycles. The van der Waals surface area contributed by atoms with Gasteiger partial charge in [0.1, 0.15) is 12.2 Å². The summed E-state index contributed by atoms with van der Waals surface area (Å²) in [6.07, 6.45) is -0.612. The van der Waals surface area contributed by atoms with Crippen molar-refractivity contribution in [3.05, 3.63) is 0 Å². The molecule has 0 aromatic heterocycles. The Bertz CT molecular complexity index is 226. The Morgan fingerprint density at radius 3 is 2.91 bits per heavy atom. The van der Waals surface area contributed by atoms with E-state index in [1.54, 1.807) is 0 Å². The number of rotatable bonds is 0. The molecular formula is C7H8O4. The average Bonchev–Trinajstić information content (AvgIpc) is 2.53. The first kappa shape index (κ1) is 5.97. The van der Waals surface area contributed by atoms with Gasteiger partial charge in [-0.3, -0.25) is 4.79 Å². The zero-order valence-corrected chi connectivity index (χ0v) is 5.77. The number of fused-ring (bicyclic) bond motifs is 1. The molecule has 3 fully saturated rings. The van der Waals surface area contributed by atoms with Crippen LogP contribution in [0.2, 0.25) is 0 Å². The predicted molar refractivity (Wildman–Crippen MR) is 32.7 cm³/mol. The van der Waals surface area contributed by atoms with Crippen LogP contribution in [0.5, 0.6) is 0 Å². The molecule has 5 atom stereocenters. The highest BCUT2D eigenvalue weighted by Crippen LogP contribution is 2.45. The van der Waals surface area contributed by atoms with Gasteiger partial charge in [-0.05, 0) is 6.42 Å². The molecule has 0 aromatic carbocycles. The molecule has 3 saturated heterocycles. The summed E-state index contributed by atoms with van der Waals surface area (Å²) in [6.45, 7) is 0. The fourth-order valence-corrected chi connectivity index (χ4v) is 2.26. The number of aliphatic hydroxyl groups is 1. The standard InChI is InChI=1S/C7H8O4/c8-4-3-1-2-5(10-3)6(4)11-7(2)9/h2-6,8H,1H2/t2-,3-,4-,5-,6-/m1/s1. The number of esters is 1.